The third kappa shape index (κ3) is 4.26. The molecule has 1 saturated heterocycles. The molecule has 150 valence electrons. The molecule has 0 spiro atoms. The highest BCUT2D eigenvalue weighted by atomic mass is 35.5. The number of anilines is 1. The summed E-state index contributed by atoms with van der Waals surface area (Å²) in [4.78, 5) is 19.8. The van der Waals surface area contributed by atoms with Gasteiger partial charge in [0.25, 0.3) is 5.91 Å². The molecule has 1 aliphatic heterocycles. The van der Waals surface area contributed by atoms with Crippen molar-refractivity contribution in [2.24, 2.45) is 11.7 Å². The van der Waals surface area contributed by atoms with E-state index in [-0.39, 0.29) is 11.9 Å². The quantitative estimate of drug-likeness (QED) is 0.791. The van der Waals surface area contributed by atoms with E-state index in [1.54, 1.807) is 6.07 Å². The zero-order valence-electron chi connectivity index (χ0n) is 16.3. The minimum absolute atomic E-state index is 0.107. The molecule has 0 bridgehead atoms. The third-order valence-corrected chi connectivity index (χ3v) is 6.46. The Morgan fingerprint density at radius 3 is 2.75 bits per heavy atom. The maximum atomic E-state index is 12.9. The zero-order valence-corrected chi connectivity index (χ0v) is 17.0. The van der Waals surface area contributed by atoms with Gasteiger partial charge in [0, 0.05) is 31.1 Å². The van der Waals surface area contributed by atoms with E-state index in [0.717, 1.165) is 48.6 Å². The molecule has 28 heavy (non-hydrogen) atoms. The maximum absolute atomic E-state index is 12.9. The molecule has 1 unspecified atom stereocenters. The first-order valence-electron chi connectivity index (χ1n) is 10.5. The second-order valence-electron chi connectivity index (χ2n) is 8.20. The number of rotatable bonds is 5. The maximum Gasteiger partial charge on any atom is 0.253 e. The normalized spacial score (nSPS) is 20.6. The summed E-state index contributed by atoms with van der Waals surface area (Å²) in [5, 5.41) is 4.35. The van der Waals surface area contributed by atoms with Crippen LogP contribution in [0.25, 0.3) is 10.9 Å². The fraction of sp³-hybridized carbons (Fsp3) is 0.545. The topological polar surface area (TPSA) is 71.2 Å². The number of nitrogens with one attached hydrogen (secondary N) is 1. The minimum atomic E-state index is -0.107. The van der Waals surface area contributed by atoms with Gasteiger partial charge in [-0.15, -0.1) is 0 Å². The Balaban J connectivity index is 1.49. The number of nitrogens with zero attached hydrogens (tertiary/aromatic N) is 2. The van der Waals surface area contributed by atoms with Crippen molar-refractivity contribution >= 4 is 34.2 Å². The van der Waals surface area contributed by atoms with Crippen molar-refractivity contribution in [2.45, 2.75) is 51.0 Å². The van der Waals surface area contributed by atoms with Gasteiger partial charge in [-0.3, -0.25) is 4.79 Å². The van der Waals surface area contributed by atoms with Crippen molar-refractivity contribution in [3.05, 3.63) is 34.9 Å². The lowest BCUT2D eigenvalue weighted by atomic mass is 9.87. The average Bonchev–Trinajstić information content (AvgIpc) is 3.14. The number of carbonyl (C=O) groups is 1. The highest BCUT2D eigenvalue weighted by Gasteiger charge is 2.22. The third-order valence-electron chi connectivity index (χ3n) is 6.14. The van der Waals surface area contributed by atoms with Crippen LogP contribution in [-0.2, 0) is 0 Å². The Kier molecular flexibility index (Phi) is 6.02. The Morgan fingerprint density at radius 2 is 2.00 bits per heavy atom. The van der Waals surface area contributed by atoms with Crippen LogP contribution >= 0.6 is 11.6 Å². The summed E-state index contributed by atoms with van der Waals surface area (Å²) in [7, 11) is 0. The molecule has 5 nitrogen and oxygen atoms in total. The first-order valence-corrected chi connectivity index (χ1v) is 10.9. The minimum Gasteiger partial charge on any atom is -0.355 e. The van der Waals surface area contributed by atoms with Crippen molar-refractivity contribution in [3.8, 4) is 0 Å². The summed E-state index contributed by atoms with van der Waals surface area (Å²) in [6, 6.07) is 7.79. The molecular weight excluding hydrogens is 372 g/mol. The van der Waals surface area contributed by atoms with Crippen LogP contribution in [0.2, 0.25) is 5.02 Å². The summed E-state index contributed by atoms with van der Waals surface area (Å²) in [6.07, 6.45) is 8.61. The Hall–Kier alpha value is -1.85. The molecule has 1 aliphatic carbocycles. The standard InChI is InChI=1S/C22H29ClN4O/c23-18-7-8-19-17(6-9-20(26-19)27-13-11-16(24)14-27)21(18)22(28)25-12-10-15-4-2-1-3-5-15/h6-9,15-16H,1-5,10-14,24H2,(H,25,28). The predicted octanol–water partition coefficient (Wildman–Crippen LogP) is 4.13. The molecule has 6 heteroatoms. The summed E-state index contributed by atoms with van der Waals surface area (Å²) >= 11 is 6.40. The summed E-state index contributed by atoms with van der Waals surface area (Å²) in [6.45, 7) is 2.44. The molecule has 3 N–H and O–H groups in total. The number of amides is 1. The van der Waals surface area contributed by atoms with Crippen LogP contribution in [0.1, 0.15) is 55.3 Å². The SMILES string of the molecule is NC1CCN(c2ccc3c(C(=O)NCCC4CCCCC4)c(Cl)ccc3n2)C1. The molecule has 1 saturated carbocycles. The van der Waals surface area contributed by atoms with Gasteiger partial charge in [-0.05, 0) is 43.0 Å². The number of nitrogens with two attached hydrogens (primary N) is 1. The smallest absolute Gasteiger partial charge is 0.253 e. The van der Waals surface area contributed by atoms with E-state index in [1.807, 2.05) is 18.2 Å². The van der Waals surface area contributed by atoms with Crippen molar-refractivity contribution in [1.29, 1.82) is 0 Å². The van der Waals surface area contributed by atoms with Crippen molar-refractivity contribution in [1.82, 2.24) is 10.3 Å². The van der Waals surface area contributed by atoms with Gasteiger partial charge in [0.05, 0.1) is 16.1 Å². The van der Waals surface area contributed by atoms with Crippen LogP contribution in [-0.4, -0.2) is 36.6 Å². The molecule has 4 rings (SSSR count). The lowest BCUT2D eigenvalue weighted by Crippen LogP contribution is -2.27. The Morgan fingerprint density at radius 1 is 1.18 bits per heavy atom. The van der Waals surface area contributed by atoms with Gasteiger partial charge >= 0.3 is 0 Å². The van der Waals surface area contributed by atoms with Gasteiger partial charge in [0.2, 0.25) is 0 Å². The van der Waals surface area contributed by atoms with Gasteiger partial charge in [-0.25, -0.2) is 4.98 Å². The number of aromatic nitrogens is 1. The monoisotopic (exact) mass is 400 g/mol. The van der Waals surface area contributed by atoms with Crippen LogP contribution in [0.3, 0.4) is 0 Å². The largest absolute Gasteiger partial charge is 0.355 e. The van der Waals surface area contributed by atoms with Gasteiger partial charge in [0.1, 0.15) is 5.82 Å². The van der Waals surface area contributed by atoms with Crippen LogP contribution in [0, 0.1) is 5.92 Å². The van der Waals surface area contributed by atoms with E-state index in [0.29, 0.717) is 17.1 Å². The Labute approximate surface area is 171 Å². The number of benzene rings is 1. The van der Waals surface area contributed by atoms with Crippen LogP contribution in [0.5, 0.6) is 0 Å². The average molecular weight is 401 g/mol. The summed E-state index contributed by atoms with van der Waals surface area (Å²) < 4.78 is 0. The predicted molar refractivity (Wildman–Crippen MR) is 115 cm³/mol. The first kappa shape index (κ1) is 19.5. The van der Waals surface area contributed by atoms with E-state index in [2.05, 4.69) is 10.2 Å². The second kappa shape index (κ2) is 8.66. The Bertz CT molecular complexity index is 850. The molecule has 1 aromatic heterocycles. The number of halogens is 1. The van der Waals surface area contributed by atoms with Gasteiger partial charge < -0.3 is 16.0 Å². The van der Waals surface area contributed by atoms with Crippen molar-refractivity contribution < 1.29 is 4.79 Å². The number of hydrogen-bond donors (Lipinski definition) is 2. The number of pyridine rings is 1. The van der Waals surface area contributed by atoms with E-state index < -0.39 is 0 Å². The molecule has 1 aromatic carbocycles. The molecule has 1 amide bonds. The molecule has 2 fully saturated rings. The summed E-state index contributed by atoms with van der Waals surface area (Å²) in [5.41, 5.74) is 7.34. The fourth-order valence-electron chi connectivity index (χ4n) is 4.52. The van der Waals surface area contributed by atoms with E-state index in [1.165, 1.54) is 32.1 Å². The lowest BCUT2D eigenvalue weighted by Gasteiger charge is -2.21. The summed E-state index contributed by atoms with van der Waals surface area (Å²) in [5.74, 6) is 1.55. The van der Waals surface area contributed by atoms with E-state index in [9.17, 15) is 4.79 Å². The van der Waals surface area contributed by atoms with Crippen LogP contribution in [0.4, 0.5) is 5.82 Å². The molecule has 1 atom stereocenters. The number of carbonyl (C=O) groups excluding carboxylic acids is 1. The molecule has 2 heterocycles. The molecule has 2 aromatic rings. The first-order chi connectivity index (χ1) is 13.6. The number of hydrogen-bond acceptors (Lipinski definition) is 4. The zero-order chi connectivity index (χ0) is 19.5. The van der Waals surface area contributed by atoms with Crippen molar-refractivity contribution in [2.75, 3.05) is 24.5 Å². The van der Waals surface area contributed by atoms with E-state index >= 15 is 0 Å². The second-order valence-corrected chi connectivity index (χ2v) is 8.61. The van der Waals surface area contributed by atoms with Crippen LogP contribution < -0.4 is 16.0 Å². The fourth-order valence-corrected chi connectivity index (χ4v) is 4.77. The van der Waals surface area contributed by atoms with E-state index in [4.69, 9.17) is 22.3 Å². The molecular formula is C22H29ClN4O. The van der Waals surface area contributed by atoms with Gasteiger partial charge in [-0.2, -0.15) is 0 Å². The van der Waals surface area contributed by atoms with Gasteiger partial charge in [-0.1, -0.05) is 43.7 Å². The molecule has 0 radical (unpaired) electrons. The van der Waals surface area contributed by atoms with Gasteiger partial charge in [0.15, 0.2) is 0 Å². The molecule has 2 aliphatic rings. The highest BCUT2D eigenvalue weighted by molar-refractivity contribution is 6.35. The lowest BCUT2D eigenvalue weighted by molar-refractivity contribution is 0.0952. The van der Waals surface area contributed by atoms with Crippen molar-refractivity contribution in [3.63, 3.8) is 0 Å². The number of fused-ring (bicyclic) bond motifs is 1. The highest BCUT2D eigenvalue weighted by Crippen LogP contribution is 2.29. The van der Waals surface area contributed by atoms with Crippen LogP contribution in [0.15, 0.2) is 24.3 Å².